The number of piperazine rings is 1. The standard InChI is InChI=1S/C26H26ClN5O3/c1-26(2,3)35-25(33)32-15-13-31(14-16-32)23-20-22(30-24(34-20)18-7-5-4-6-8-18)28-21(29-23)17-9-11-19(27)12-10-17/h4-12H,13-16H2,1-3H3. The van der Waals surface area contributed by atoms with Crippen LogP contribution >= 0.6 is 11.6 Å². The van der Waals surface area contributed by atoms with E-state index in [1.54, 1.807) is 4.90 Å². The van der Waals surface area contributed by atoms with E-state index < -0.39 is 5.60 Å². The van der Waals surface area contributed by atoms with Gasteiger partial charge >= 0.3 is 6.09 Å². The predicted octanol–water partition coefficient (Wildman–Crippen LogP) is 5.66. The Bertz CT molecular complexity index is 1340. The summed E-state index contributed by atoms with van der Waals surface area (Å²) >= 11 is 6.08. The molecule has 5 rings (SSSR count). The van der Waals surface area contributed by atoms with Gasteiger partial charge in [-0.1, -0.05) is 29.8 Å². The monoisotopic (exact) mass is 491 g/mol. The van der Waals surface area contributed by atoms with Gasteiger partial charge in [0.15, 0.2) is 11.6 Å². The van der Waals surface area contributed by atoms with E-state index in [9.17, 15) is 4.79 Å². The van der Waals surface area contributed by atoms with Crippen LogP contribution in [0.3, 0.4) is 0 Å². The van der Waals surface area contributed by atoms with Gasteiger partial charge in [-0.05, 0) is 57.2 Å². The lowest BCUT2D eigenvalue weighted by Gasteiger charge is -2.36. The number of ether oxygens (including phenoxy) is 1. The maximum atomic E-state index is 12.5. The highest BCUT2D eigenvalue weighted by Crippen LogP contribution is 2.32. The molecule has 2 aromatic carbocycles. The van der Waals surface area contributed by atoms with Crippen molar-refractivity contribution >= 4 is 34.7 Å². The number of amides is 1. The van der Waals surface area contributed by atoms with Crippen molar-refractivity contribution in [1.82, 2.24) is 19.9 Å². The van der Waals surface area contributed by atoms with Crippen LogP contribution < -0.4 is 4.90 Å². The lowest BCUT2D eigenvalue weighted by molar-refractivity contribution is 0.0240. The molecule has 1 aliphatic heterocycles. The maximum absolute atomic E-state index is 12.5. The Balaban J connectivity index is 1.50. The fourth-order valence-corrected chi connectivity index (χ4v) is 4.01. The number of carbonyl (C=O) groups is 1. The van der Waals surface area contributed by atoms with E-state index in [0.717, 1.165) is 11.1 Å². The quantitative estimate of drug-likeness (QED) is 0.365. The topological polar surface area (TPSA) is 84.6 Å². The summed E-state index contributed by atoms with van der Waals surface area (Å²) in [4.78, 5) is 30.6. The maximum Gasteiger partial charge on any atom is 0.410 e. The Hall–Kier alpha value is -3.65. The molecule has 0 bridgehead atoms. The third-order valence-electron chi connectivity index (χ3n) is 5.59. The first kappa shape index (κ1) is 23.1. The van der Waals surface area contributed by atoms with Crippen LogP contribution in [-0.4, -0.2) is 57.7 Å². The SMILES string of the molecule is CC(C)(C)OC(=O)N1CCN(c2nc(-c3ccc(Cl)cc3)nc3nc(-c4ccccc4)oc23)CC1. The van der Waals surface area contributed by atoms with E-state index in [1.165, 1.54) is 0 Å². The molecule has 0 N–H and O–H groups in total. The summed E-state index contributed by atoms with van der Waals surface area (Å²) in [6.45, 7) is 7.77. The molecular formula is C26H26ClN5O3. The fraction of sp³-hybridized carbons (Fsp3) is 0.308. The second-order valence-corrected chi connectivity index (χ2v) is 9.81. The van der Waals surface area contributed by atoms with Gasteiger partial charge in [-0.25, -0.2) is 14.8 Å². The molecule has 0 radical (unpaired) electrons. The first-order valence-corrected chi connectivity index (χ1v) is 11.9. The zero-order chi connectivity index (χ0) is 24.6. The average molecular weight is 492 g/mol. The lowest BCUT2D eigenvalue weighted by atomic mass is 10.2. The van der Waals surface area contributed by atoms with Crippen LogP contribution in [0.2, 0.25) is 5.02 Å². The number of anilines is 1. The molecule has 180 valence electrons. The summed E-state index contributed by atoms with van der Waals surface area (Å²) in [5.74, 6) is 1.67. The van der Waals surface area contributed by atoms with Crippen LogP contribution in [0.1, 0.15) is 20.8 Å². The molecule has 3 heterocycles. The minimum atomic E-state index is -0.534. The Kier molecular flexibility index (Phi) is 6.06. The van der Waals surface area contributed by atoms with Gasteiger partial charge in [0.1, 0.15) is 5.60 Å². The molecule has 35 heavy (non-hydrogen) atoms. The summed E-state index contributed by atoms with van der Waals surface area (Å²) < 4.78 is 11.7. The normalized spacial score (nSPS) is 14.4. The Morgan fingerprint density at radius 1 is 0.914 bits per heavy atom. The van der Waals surface area contributed by atoms with Gasteiger partial charge < -0.3 is 19.0 Å². The molecule has 2 aromatic heterocycles. The summed E-state index contributed by atoms with van der Waals surface area (Å²) in [6.07, 6.45) is -0.308. The number of oxazole rings is 1. The molecule has 0 atom stereocenters. The number of hydrogen-bond acceptors (Lipinski definition) is 7. The van der Waals surface area contributed by atoms with Crippen LogP contribution in [0.25, 0.3) is 34.1 Å². The van der Waals surface area contributed by atoms with Gasteiger partial charge in [0, 0.05) is 42.3 Å². The number of rotatable bonds is 3. The second kappa shape index (κ2) is 9.19. The zero-order valence-electron chi connectivity index (χ0n) is 19.9. The van der Waals surface area contributed by atoms with E-state index in [-0.39, 0.29) is 6.09 Å². The molecule has 0 aliphatic carbocycles. The molecule has 8 nitrogen and oxygen atoms in total. The van der Waals surface area contributed by atoms with Crippen molar-refractivity contribution in [2.75, 3.05) is 31.1 Å². The minimum absolute atomic E-state index is 0.308. The average Bonchev–Trinajstić information content (AvgIpc) is 3.28. The van der Waals surface area contributed by atoms with Gasteiger partial charge in [-0.2, -0.15) is 4.98 Å². The van der Waals surface area contributed by atoms with Crippen molar-refractivity contribution in [2.45, 2.75) is 26.4 Å². The highest BCUT2D eigenvalue weighted by atomic mass is 35.5. The summed E-state index contributed by atoms with van der Waals surface area (Å²) in [5.41, 5.74) is 2.16. The van der Waals surface area contributed by atoms with Gasteiger partial charge in [0.2, 0.25) is 17.1 Å². The summed E-state index contributed by atoms with van der Waals surface area (Å²) in [5, 5.41) is 0.640. The Morgan fingerprint density at radius 2 is 1.60 bits per heavy atom. The Morgan fingerprint density at radius 3 is 2.26 bits per heavy atom. The van der Waals surface area contributed by atoms with Crippen molar-refractivity contribution < 1.29 is 13.9 Å². The van der Waals surface area contributed by atoms with Crippen LogP contribution in [0.5, 0.6) is 0 Å². The van der Waals surface area contributed by atoms with Crippen molar-refractivity contribution in [3.8, 4) is 22.8 Å². The Labute approximate surface area is 208 Å². The van der Waals surface area contributed by atoms with E-state index in [4.69, 9.17) is 30.7 Å². The minimum Gasteiger partial charge on any atom is -0.444 e. The second-order valence-electron chi connectivity index (χ2n) is 9.37. The summed E-state index contributed by atoms with van der Waals surface area (Å²) in [7, 11) is 0. The van der Waals surface area contributed by atoms with Gasteiger partial charge in [0.25, 0.3) is 0 Å². The number of carbonyl (C=O) groups excluding carboxylic acids is 1. The molecule has 0 unspecified atom stereocenters. The molecular weight excluding hydrogens is 466 g/mol. The molecule has 1 fully saturated rings. The first-order chi connectivity index (χ1) is 16.8. The molecule has 4 aromatic rings. The molecule has 1 aliphatic rings. The van der Waals surface area contributed by atoms with E-state index in [2.05, 4.69) is 9.88 Å². The molecule has 0 saturated carbocycles. The number of aromatic nitrogens is 3. The van der Waals surface area contributed by atoms with E-state index in [1.807, 2.05) is 75.4 Å². The highest BCUT2D eigenvalue weighted by Gasteiger charge is 2.29. The number of benzene rings is 2. The van der Waals surface area contributed by atoms with Crippen LogP contribution in [0.4, 0.5) is 10.6 Å². The highest BCUT2D eigenvalue weighted by molar-refractivity contribution is 6.30. The first-order valence-electron chi connectivity index (χ1n) is 11.5. The molecule has 1 amide bonds. The van der Waals surface area contributed by atoms with Crippen LogP contribution in [-0.2, 0) is 4.74 Å². The largest absolute Gasteiger partial charge is 0.444 e. The number of halogens is 1. The van der Waals surface area contributed by atoms with Crippen LogP contribution in [0, 0.1) is 0 Å². The fourth-order valence-electron chi connectivity index (χ4n) is 3.88. The molecule has 1 saturated heterocycles. The van der Waals surface area contributed by atoms with Gasteiger partial charge in [0.05, 0.1) is 0 Å². The summed E-state index contributed by atoms with van der Waals surface area (Å²) in [6, 6.07) is 17.1. The van der Waals surface area contributed by atoms with Crippen molar-refractivity contribution in [1.29, 1.82) is 0 Å². The molecule has 9 heteroatoms. The van der Waals surface area contributed by atoms with Crippen molar-refractivity contribution in [3.05, 3.63) is 59.6 Å². The number of nitrogens with zero attached hydrogens (tertiary/aromatic N) is 5. The van der Waals surface area contributed by atoms with E-state index >= 15 is 0 Å². The lowest BCUT2D eigenvalue weighted by Crippen LogP contribution is -2.50. The van der Waals surface area contributed by atoms with Gasteiger partial charge in [-0.15, -0.1) is 0 Å². The number of fused-ring (bicyclic) bond motifs is 1. The third kappa shape index (κ3) is 5.07. The predicted molar refractivity (Wildman–Crippen MR) is 136 cm³/mol. The zero-order valence-corrected chi connectivity index (χ0v) is 20.6. The van der Waals surface area contributed by atoms with E-state index in [0.29, 0.717) is 60.0 Å². The number of hydrogen-bond donors (Lipinski definition) is 0. The van der Waals surface area contributed by atoms with Crippen LogP contribution in [0.15, 0.2) is 59.0 Å². The third-order valence-corrected chi connectivity index (χ3v) is 5.84. The molecule has 0 spiro atoms. The van der Waals surface area contributed by atoms with Crippen molar-refractivity contribution in [3.63, 3.8) is 0 Å². The smallest absolute Gasteiger partial charge is 0.410 e. The van der Waals surface area contributed by atoms with Gasteiger partial charge in [-0.3, -0.25) is 0 Å². The van der Waals surface area contributed by atoms with Crippen molar-refractivity contribution in [2.24, 2.45) is 0 Å².